The molecule has 0 aliphatic rings. The lowest BCUT2D eigenvalue weighted by atomic mass is 9.92. The number of methoxy groups -OCH3 is 1. The van der Waals surface area contributed by atoms with E-state index in [4.69, 9.17) is 4.74 Å². The fraction of sp³-hybridized carbons (Fsp3) is 0.636. The number of hydrogen-bond acceptors (Lipinski definition) is 5. The standard InChI is InChI=1S/C22H34N4O3/c1-14(2)11-25(12-15(3)4)18(27)13-26-20-16(9-10-17(24-20)29-8)23-19(21(26)28)22(5,6)7/h9-10,14-15H,11-13H2,1-8H3. The van der Waals surface area contributed by atoms with Crippen LogP contribution in [0.1, 0.15) is 54.2 Å². The van der Waals surface area contributed by atoms with Crippen LogP contribution in [0, 0.1) is 11.8 Å². The number of rotatable bonds is 7. The van der Waals surface area contributed by atoms with E-state index in [1.807, 2.05) is 25.7 Å². The summed E-state index contributed by atoms with van der Waals surface area (Å²) < 4.78 is 6.67. The summed E-state index contributed by atoms with van der Waals surface area (Å²) in [5.74, 6) is 0.968. The van der Waals surface area contributed by atoms with Crippen molar-refractivity contribution in [2.45, 2.75) is 60.4 Å². The zero-order valence-electron chi connectivity index (χ0n) is 18.9. The van der Waals surface area contributed by atoms with Gasteiger partial charge in [0, 0.05) is 24.6 Å². The van der Waals surface area contributed by atoms with Gasteiger partial charge in [-0.3, -0.25) is 14.2 Å². The van der Waals surface area contributed by atoms with Gasteiger partial charge in [0.15, 0.2) is 5.65 Å². The summed E-state index contributed by atoms with van der Waals surface area (Å²) in [5.41, 5.74) is 0.621. The minimum Gasteiger partial charge on any atom is -0.481 e. The van der Waals surface area contributed by atoms with Crippen LogP contribution in [0.4, 0.5) is 0 Å². The Morgan fingerprint density at radius 2 is 1.69 bits per heavy atom. The number of amides is 1. The molecule has 0 atom stereocenters. The van der Waals surface area contributed by atoms with E-state index < -0.39 is 5.41 Å². The van der Waals surface area contributed by atoms with Crippen LogP contribution in [0.15, 0.2) is 16.9 Å². The Labute approximate surface area is 173 Å². The Bertz CT molecular complexity index is 916. The first-order chi connectivity index (χ1) is 13.4. The Hall–Kier alpha value is -2.44. The SMILES string of the molecule is COc1ccc2nc(C(C)(C)C)c(=O)n(CC(=O)N(CC(C)C)CC(C)C)c2n1. The van der Waals surface area contributed by atoms with Crippen molar-refractivity contribution >= 4 is 17.1 Å². The van der Waals surface area contributed by atoms with E-state index in [1.54, 1.807) is 12.1 Å². The number of hydrogen-bond donors (Lipinski definition) is 0. The third kappa shape index (κ3) is 5.55. The summed E-state index contributed by atoms with van der Waals surface area (Å²) in [6.45, 7) is 15.4. The molecule has 1 amide bonds. The number of fused-ring (bicyclic) bond motifs is 1. The number of carbonyl (C=O) groups excluding carboxylic acids is 1. The van der Waals surface area contributed by atoms with Gasteiger partial charge in [-0.25, -0.2) is 4.98 Å². The van der Waals surface area contributed by atoms with E-state index in [0.717, 1.165) is 0 Å². The summed E-state index contributed by atoms with van der Waals surface area (Å²) in [4.78, 5) is 37.3. The molecule has 2 aromatic heterocycles. The van der Waals surface area contributed by atoms with E-state index >= 15 is 0 Å². The summed E-state index contributed by atoms with van der Waals surface area (Å²) in [5, 5.41) is 0. The second-order valence-corrected chi connectivity index (χ2v) is 9.38. The fourth-order valence-electron chi connectivity index (χ4n) is 3.25. The van der Waals surface area contributed by atoms with Crippen molar-refractivity contribution in [1.29, 1.82) is 0 Å². The molecule has 29 heavy (non-hydrogen) atoms. The first-order valence-corrected chi connectivity index (χ1v) is 10.2. The molecule has 0 fully saturated rings. The van der Waals surface area contributed by atoms with Crippen LogP contribution in [-0.2, 0) is 16.8 Å². The van der Waals surface area contributed by atoms with Crippen molar-refractivity contribution in [3.05, 3.63) is 28.2 Å². The van der Waals surface area contributed by atoms with Gasteiger partial charge in [0.2, 0.25) is 11.8 Å². The van der Waals surface area contributed by atoms with Crippen LogP contribution in [0.3, 0.4) is 0 Å². The smallest absolute Gasteiger partial charge is 0.274 e. The molecule has 0 radical (unpaired) electrons. The number of ether oxygens (including phenoxy) is 1. The van der Waals surface area contributed by atoms with Gasteiger partial charge in [-0.15, -0.1) is 0 Å². The highest BCUT2D eigenvalue weighted by Crippen LogP contribution is 2.21. The zero-order valence-corrected chi connectivity index (χ0v) is 18.9. The van der Waals surface area contributed by atoms with Crippen molar-refractivity contribution < 1.29 is 9.53 Å². The van der Waals surface area contributed by atoms with Crippen molar-refractivity contribution in [1.82, 2.24) is 19.4 Å². The largest absolute Gasteiger partial charge is 0.481 e. The average molecular weight is 403 g/mol. The molecule has 7 heteroatoms. The van der Waals surface area contributed by atoms with Crippen molar-refractivity contribution in [3.8, 4) is 5.88 Å². The second kappa shape index (κ2) is 8.93. The lowest BCUT2D eigenvalue weighted by Crippen LogP contribution is -2.42. The van der Waals surface area contributed by atoms with Crippen LogP contribution < -0.4 is 10.3 Å². The molecular formula is C22H34N4O3. The molecule has 0 spiro atoms. The number of carbonyl (C=O) groups is 1. The highest BCUT2D eigenvalue weighted by molar-refractivity contribution is 5.79. The lowest BCUT2D eigenvalue weighted by Gasteiger charge is -2.27. The van der Waals surface area contributed by atoms with Crippen molar-refractivity contribution in [2.24, 2.45) is 11.8 Å². The maximum absolute atomic E-state index is 13.3. The third-order valence-corrected chi connectivity index (χ3v) is 4.50. The molecule has 0 N–H and O–H groups in total. The number of pyridine rings is 1. The van der Waals surface area contributed by atoms with Gasteiger partial charge in [-0.05, 0) is 17.9 Å². The Balaban J connectivity index is 2.60. The molecular weight excluding hydrogens is 368 g/mol. The van der Waals surface area contributed by atoms with Gasteiger partial charge in [0.05, 0.1) is 7.11 Å². The lowest BCUT2D eigenvalue weighted by molar-refractivity contribution is -0.132. The predicted octanol–water partition coefficient (Wildman–Crippen LogP) is 3.24. The van der Waals surface area contributed by atoms with E-state index in [-0.39, 0.29) is 18.0 Å². The molecule has 0 bridgehead atoms. The maximum atomic E-state index is 13.3. The fourth-order valence-corrected chi connectivity index (χ4v) is 3.25. The van der Waals surface area contributed by atoms with Gasteiger partial charge in [0.1, 0.15) is 17.8 Å². The van der Waals surface area contributed by atoms with Crippen LogP contribution >= 0.6 is 0 Å². The molecule has 0 aliphatic heterocycles. The molecule has 0 unspecified atom stereocenters. The van der Waals surface area contributed by atoms with Crippen LogP contribution in [-0.4, -0.2) is 45.5 Å². The first kappa shape index (κ1) is 22.8. The minimum absolute atomic E-state index is 0.0689. The Morgan fingerprint density at radius 1 is 1.10 bits per heavy atom. The van der Waals surface area contributed by atoms with Gasteiger partial charge < -0.3 is 9.64 Å². The van der Waals surface area contributed by atoms with E-state index in [1.165, 1.54) is 11.7 Å². The molecule has 0 saturated heterocycles. The summed E-state index contributed by atoms with van der Waals surface area (Å²) >= 11 is 0. The summed E-state index contributed by atoms with van der Waals surface area (Å²) in [7, 11) is 1.52. The van der Waals surface area contributed by atoms with Crippen molar-refractivity contribution in [2.75, 3.05) is 20.2 Å². The molecule has 2 aromatic rings. The Morgan fingerprint density at radius 3 is 2.17 bits per heavy atom. The minimum atomic E-state index is -0.453. The normalized spacial score (nSPS) is 12.1. The topological polar surface area (TPSA) is 77.3 Å². The van der Waals surface area contributed by atoms with Gasteiger partial charge in [-0.1, -0.05) is 48.5 Å². The summed E-state index contributed by atoms with van der Waals surface area (Å²) in [6, 6.07) is 3.49. The van der Waals surface area contributed by atoms with Gasteiger partial charge in [0.25, 0.3) is 5.56 Å². The second-order valence-electron chi connectivity index (χ2n) is 9.38. The highest BCUT2D eigenvalue weighted by atomic mass is 16.5. The predicted molar refractivity (Wildman–Crippen MR) is 115 cm³/mol. The molecule has 2 rings (SSSR count). The van der Waals surface area contributed by atoms with Crippen LogP contribution in [0.2, 0.25) is 0 Å². The Kier molecular flexibility index (Phi) is 7.03. The van der Waals surface area contributed by atoms with Crippen LogP contribution in [0.5, 0.6) is 5.88 Å². The number of nitrogens with zero attached hydrogens (tertiary/aromatic N) is 4. The monoisotopic (exact) mass is 402 g/mol. The first-order valence-electron chi connectivity index (χ1n) is 10.2. The van der Waals surface area contributed by atoms with E-state index in [2.05, 4.69) is 37.7 Å². The third-order valence-electron chi connectivity index (χ3n) is 4.50. The quantitative estimate of drug-likeness (QED) is 0.710. The molecule has 2 heterocycles. The van der Waals surface area contributed by atoms with Gasteiger partial charge in [-0.2, -0.15) is 4.98 Å². The molecule has 160 valence electrons. The molecule has 0 aliphatic carbocycles. The maximum Gasteiger partial charge on any atom is 0.274 e. The number of aromatic nitrogens is 3. The highest BCUT2D eigenvalue weighted by Gasteiger charge is 2.25. The summed E-state index contributed by atoms with van der Waals surface area (Å²) in [6.07, 6.45) is 0. The average Bonchev–Trinajstić information content (AvgIpc) is 2.60. The van der Waals surface area contributed by atoms with Crippen molar-refractivity contribution in [3.63, 3.8) is 0 Å². The van der Waals surface area contributed by atoms with E-state index in [0.29, 0.717) is 47.7 Å². The molecule has 0 saturated carbocycles. The zero-order chi connectivity index (χ0) is 21.9. The van der Waals surface area contributed by atoms with Gasteiger partial charge >= 0.3 is 0 Å². The van der Waals surface area contributed by atoms with Crippen LogP contribution in [0.25, 0.3) is 11.2 Å². The van der Waals surface area contributed by atoms with E-state index in [9.17, 15) is 9.59 Å². The molecule has 0 aromatic carbocycles. The molecule has 7 nitrogen and oxygen atoms in total.